The van der Waals surface area contributed by atoms with E-state index in [1.165, 1.54) is 7.11 Å². The minimum absolute atomic E-state index is 0.00342. The lowest BCUT2D eigenvalue weighted by Gasteiger charge is -2.60. The molecule has 0 radical (unpaired) electrons. The van der Waals surface area contributed by atoms with E-state index in [9.17, 15) is 14.0 Å². The standard InChI is InChI=1S/C23H30FN9O3S/c1-31(22-27-18(7-19(28-22)36-2)26-21-20(24)17(12-34)29-30-21)15-5-14-3-4-23(8-16(6-15)33(14)23)37(35)32-10-13(9-25)11-32/h7,13-16,34H,3-6,8,10-12H2,1-2H3,(H2,26,27,28,29,30). The molecule has 37 heavy (non-hydrogen) atoms. The second kappa shape index (κ2) is 9.25. The molecule has 4 aliphatic rings. The Morgan fingerprint density at radius 3 is 2.89 bits per heavy atom. The van der Waals surface area contributed by atoms with Gasteiger partial charge in [0.25, 0.3) is 0 Å². The van der Waals surface area contributed by atoms with Crippen molar-refractivity contribution < 1.29 is 18.8 Å². The molecule has 14 heteroatoms. The highest BCUT2D eigenvalue weighted by Gasteiger charge is 2.69. The van der Waals surface area contributed by atoms with Crippen LogP contribution < -0.4 is 15.0 Å². The maximum absolute atomic E-state index is 14.4. The molecule has 4 saturated heterocycles. The molecule has 2 aromatic rings. The molecule has 0 amide bonds. The number of nitrogens with one attached hydrogen (secondary N) is 2. The van der Waals surface area contributed by atoms with Crippen LogP contribution in [0.2, 0.25) is 0 Å². The van der Waals surface area contributed by atoms with Gasteiger partial charge in [-0.25, -0.2) is 9.29 Å². The van der Waals surface area contributed by atoms with Crippen molar-refractivity contribution in [1.82, 2.24) is 29.4 Å². The van der Waals surface area contributed by atoms with Crippen LogP contribution in [0, 0.1) is 23.1 Å². The number of aromatic amines is 1. The van der Waals surface area contributed by atoms with Crippen molar-refractivity contribution >= 4 is 28.9 Å². The lowest BCUT2D eigenvalue weighted by molar-refractivity contribution is -0.0501. The lowest BCUT2D eigenvalue weighted by Crippen LogP contribution is -2.74. The topological polar surface area (TPSA) is 153 Å². The zero-order chi connectivity index (χ0) is 25.9. The van der Waals surface area contributed by atoms with Crippen LogP contribution in [0.3, 0.4) is 0 Å². The Morgan fingerprint density at radius 2 is 2.19 bits per heavy atom. The van der Waals surface area contributed by atoms with E-state index in [0.29, 0.717) is 42.8 Å². The fourth-order valence-corrected chi connectivity index (χ4v) is 8.59. The summed E-state index contributed by atoms with van der Waals surface area (Å²) < 4.78 is 35.1. The zero-order valence-electron chi connectivity index (χ0n) is 20.7. The maximum Gasteiger partial charge on any atom is 0.230 e. The predicted octanol–water partition coefficient (Wildman–Crippen LogP) is 1.23. The summed E-state index contributed by atoms with van der Waals surface area (Å²) in [5, 5.41) is 27.5. The Morgan fingerprint density at radius 1 is 1.41 bits per heavy atom. The SMILES string of the molecule is COc1cc(Nc2n[nH]c(CO)c2F)nc(N(C)C2CC3CCC4([S+]([O-])N5CC(C#N)C5)CC(C2)N34)n1. The largest absolute Gasteiger partial charge is 0.596 e. The highest BCUT2D eigenvalue weighted by atomic mass is 32.2. The fourth-order valence-electron chi connectivity index (χ4n) is 6.37. The first-order valence-electron chi connectivity index (χ1n) is 12.5. The first kappa shape index (κ1) is 24.6. The average Bonchev–Trinajstić information content (AvgIpc) is 3.39. The van der Waals surface area contributed by atoms with Gasteiger partial charge in [0, 0.05) is 44.1 Å². The Kier molecular flexibility index (Phi) is 6.15. The van der Waals surface area contributed by atoms with E-state index in [1.807, 2.05) is 16.3 Å². The number of aromatic nitrogens is 4. The van der Waals surface area contributed by atoms with Gasteiger partial charge in [-0.1, -0.05) is 0 Å². The van der Waals surface area contributed by atoms with E-state index in [-0.39, 0.29) is 28.3 Å². The summed E-state index contributed by atoms with van der Waals surface area (Å²) in [6.07, 6.45) is 4.62. The van der Waals surface area contributed by atoms with Gasteiger partial charge in [-0.15, -0.1) is 4.31 Å². The summed E-state index contributed by atoms with van der Waals surface area (Å²) in [5.41, 5.74) is -0.0133. The number of piperidine rings is 1. The third-order valence-corrected chi connectivity index (χ3v) is 10.3. The summed E-state index contributed by atoms with van der Waals surface area (Å²) in [5.74, 6) is 0.366. The van der Waals surface area contributed by atoms with E-state index in [4.69, 9.17) is 10.00 Å². The number of anilines is 3. The quantitative estimate of drug-likeness (QED) is 0.422. The number of nitriles is 1. The number of halogens is 1. The van der Waals surface area contributed by atoms with E-state index < -0.39 is 23.8 Å². The Bertz CT molecular complexity index is 1220. The molecule has 5 atom stereocenters. The van der Waals surface area contributed by atoms with Crippen LogP contribution in [0.5, 0.6) is 5.88 Å². The maximum atomic E-state index is 14.4. The molecular weight excluding hydrogens is 501 g/mol. The molecule has 0 aromatic carbocycles. The van der Waals surface area contributed by atoms with Crippen molar-refractivity contribution in [2.45, 2.75) is 61.7 Å². The first-order chi connectivity index (χ1) is 17.9. The van der Waals surface area contributed by atoms with Gasteiger partial charge in [0.05, 0.1) is 55.8 Å². The van der Waals surface area contributed by atoms with Crippen molar-refractivity contribution in [3.63, 3.8) is 0 Å². The van der Waals surface area contributed by atoms with Gasteiger partial charge in [-0.3, -0.25) is 5.10 Å². The molecule has 5 unspecified atom stereocenters. The molecule has 0 bridgehead atoms. The van der Waals surface area contributed by atoms with Gasteiger partial charge in [0.2, 0.25) is 16.7 Å². The third-order valence-electron chi connectivity index (χ3n) is 8.30. The molecular formula is C23H30FN9O3S. The van der Waals surface area contributed by atoms with Crippen molar-refractivity contribution in [3.8, 4) is 11.9 Å². The highest BCUT2D eigenvalue weighted by molar-refractivity contribution is 7.90. The van der Waals surface area contributed by atoms with Gasteiger partial charge < -0.3 is 24.6 Å². The number of ether oxygens (including phenoxy) is 1. The van der Waals surface area contributed by atoms with Gasteiger partial charge >= 0.3 is 0 Å². The minimum Gasteiger partial charge on any atom is -0.596 e. The van der Waals surface area contributed by atoms with Crippen LogP contribution in [-0.4, -0.2) is 89.3 Å². The molecule has 0 aliphatic carbocycles. The van der Waals surface area contributed by atoms with Crippen LogP contribution in [-0.2, 0) is 18.0 Å². The summed E-state index contributed by atoms with van der Waals surface area (Å²) in [6, 6.07) is 4.71. The molecule has 12 nitrogen and oxygen atoms in total. The number of H-pyrrole nitrogens is 1. The normalized spacial score (nSPS) is 30.1. The molecule has 0 saturated carbocycles. The number of methoxy groups -OCH3 is 1. The second-order valence-corrected chi connectivity index (χ2v) is 12.1. The number of nitrogens with zero attached hydrogens (tertiary/aromatic N) is 7. The fraction of sp³-hybridized carbons (Fsp3) is 0.652. The zero-order valence-corrected chi connectivity index (χ0v) is 21.5. The van der Waals surface area contributed by atoms with Crippen molar-refractivity contribution in [3.05, 3.63) is 17.6 Å². The molecule has 3 N–H and O–H groups in total. The van der Waals surface area contributed by atoms with E-state index in [0.717, 1.165) is 32.1 Å². The molecule has 2 aromatic heterocycles. The van der Waals surface area contributed by atoms with E-state index >= 15 is 0 Å². The Balaban J connectivity index is 1.16. The van der Waals surface area contributed by atoms with E-state index in [2.05, 4.69) is 36.5 Å². The molecule has 4 fully saturated rings. The molecule has 4 aliphatic heterocycles. The first-order valence-corrected chi connectivity index (χ1v) is 13.6. The number of aliphatic hydroxyl groups excluding tert-OH is 1. The van der Waals surface area contributed by atoms with E-state index in [1.54, 1.807) is 6.07 Å². The molecule has 198 valence electrons. The summed E-state index contributed by atoms with van der Waals surface area (Å²) >= 11 is -1.09. The summed E-state index contributed by atoms with van der Waals surface area (Å²) in [4.78, 5) is 13.4. The van der Waals surface area contributed by atoms with Gasteiger partial charge in [0.1, 0.15) is 5.82 Å². The van der Waals surface area contributed by atoms with Crippen LogP contribution in [0.4, 0.5) is 22.0 Å². The Hall–Kier alpha value is -2.70. The molecule has 6 rings (SSSR count). The summed E-state index contributed by atoms with van der Waals surface area (Å²) in [7, 11) is 3.47. The lowest BCUT2D eigenvalue weighted by atomic mass is 9.82. The Labute approximate surface area is 217 Å². The number of aliphatic hydroxyl groups is 1. The van der Waals surface area contributed by atoms with Crippen LogP contribution >= 0.6 is 0 Å². The van der Waals surface area contributed by atoms with Crippen LogP contribution in [0.1, 0.15) is 37.8 Å². The predicted molar refractivity (Wildman–Crippen MR) is 133 cm³/mol. The molecule has 0 spiro atoms. The van der Waals surface area contributed by atoms with Crippen LogP contribution in [0.25, 0.3) is 0 Å². The van der Waals surface area contributed by atoms with Gasteiger partial charge in [-0.05, 0) is 19.3 Å². The smallest absolute Gasteiger partial charge is 0.230 e. The number of hydrogen-bond acceptors (Lipinski definition) is 11. The second-order valence-electron chi connectivity index (χ2n) is 10.3. The van der Waals surface area contributed by atoms with Crippen LogP contribution in [0.15, 0.2) is 6.07 Å². The third kappa shape index (κ3) is 3.91. The molecule has 6 heterocycles. The highest BCUT2D eigenvalue weighted by Crippen LogP contribution is 2.57. The minimum atomic E-state index is -1.09. The van der Waals surface area contributed by atoms with Gasteiger partial charge in [-0.2, -0.15) is 20.3 Å². The van der Waals surface area contributed by atoms with Crippen molar-refractivity contribution in [1.29, 1.82) is 5.26 Å². The van der Waals surface area contributed by atoms with Crippen molar-refractivity contribution in [2.75, 3.05) is 37.5 Å². The summed E-state index contributed by atoms with van der Waals surface area (Å²) in [6.45, 7) is 0.717. The number of rotatable bonds is 8. The monoisotopic (exact) mass is 531 g/mol. The van der Waals surface area contributed by atoms with Gasteiger partial charge in [0.15, 0.2) is 11.6 Å². The average molecular weight is 532 g/mol. The van der Waals surface area contributed by atoms with Crippen molar-refractivity contribution in [2.24, 2.45) is 5.92 Å². The number of hydrogen-bond donors (Lipinski definition) is 3.